The van der Waals surface area contributed by atoms with Crippen LogP contribution in [0, 0.1) is 0 Å². The highest BCUT2D eigenvalue weighted by Gasteiger charge is 2.19. The van der Waals surface area contributed by atoms with Crippen LogP contribution in [0.25, 0.3) is 10.9 Å². The maximum atomic E-state index is 13.1. The third-order valence-electron chi connectivity index (χ3n) is 4.13. The number of aromatic nitrogens is 2. The molecule has 0 fully saturated rings. The molecule has 0 aliphatic carbocycles. The topological polar surface area (TPSA) is 59.2 Å². The Kier molecular flexibility index (Phi) is 4.43. The van der Waals surface area contributed by atoms with Crippen LogP contribution in [-0.4, -0.2) is 20.8 Å². The number of carbonyl (C=O) groups excluding carboxylic acids is 1. The number of pyridine rings is 2. The molecule has 0 radical (unpaired) electrons. The van der Waals surface area contributed by atoms with Gasteiger partial charge in [0.25, 0.3) is 5.91 Å². The maximum absolute atomic E-state index is 13.1. The number of para-hydroxylation sites is 1. The van der Waals surface area contributed by atoms with Crippen LogP contribution < -0.4 is 0 Å². The number of carbonyl (C=O) groups is 1. The van der Waals surface area contributed by atoms with Crippen molar-refractivity contribution in [3.8, 4) is 0 Å². The average molecular weight is 343 g/mol. The highest BCUT2D eigenvalue weighted by atomic mass is 16.3. The molecule has 4 aromatic rings. The first-order valence-corrected chi connectivity index (χ1v) is 8.36. The minimum atomic E-state index is -0.143. The van der Waals surface area contributed by atoms with Crippen LogP contribution in [0.2, 0.25) is 0 Å². The van der Waals surface area contributed by atoms with E-state index in [0.717, 1.165) is 22.2 Å². The predicted octanol–water partition coefficient (Wildman–Crippen LogP) is 4.07. The van der Waals surface area contributed by atoms with Crippen LogP contribution in [0.15, 0.2) is 83.7 Å². The van der Waals surface area contributed by atoms with Gasteiger partial charge < -0.3 is 9.32 Å². The van der Waals surface area contributed by atoms with E-state index in [1.165, 1.54) is 0 Å². The Morgan fingerprint density at radius 3 is 2.69 bits per heavy atom. The van der Waals surface area contributed by atoms with Crippen molar-refractivity contribution >= 4 is 16.8 Å². The highest BCUT2D eigenvalue weighted by molar-refractivity contribution is 5.94. The minimum Gasteiger partial charge on any atom is -0.467 e. The number of furan rings is 1. The zero-order chi connectivity index (χ0) is 17.8. The van der Waals surface area contributed by atoms with Crippen molar-refractivity contribution in [2.45, 2.75) is 13.1 Å². The summed E-state index contributed by atoms with van der Waals surface area (Å²) in [7, 11) is 0. The molecule has 26 heavy (non-hydrogen) atoms. The van der Waals surface area contributed by atoms with Gasteiger partial charge in [0, 0.05) is 24.3 Å². The fraction of sp³-hybridized carbons (Fsp3) is 0.0952. The van der Waals surface area contributed by atoms with E-state index in [0.29, 0.717) is 18.8 Å². The maximum Gasteiger partial charge on any atom is 0.273 e. The summed E-state index contributed by atoms with van der Waals surface area (Å²) in [6.07, 6.45) is 5.08. The largest absolute Gasteiger partial charge is 0.467 e. The molecule has 128 valence electrons. The summed E-state index contributed by atoms with van der Waals surface area (Å²) in [5, 5.41) is 1.01. The zero-order valence-corrected chi connectivity index (χ0v) is 14.1. The molecule has 0 bridgehead atoms. The van der Waals surface area contributed by atoms with E-state index in [1.54, 1.807) is 29.6 Å². The van der Waals surface area contributed by atoms with Gasteiger partial charge in [-0.1, -0.05) is 30.3 Å². The van der Waals surface area contributed by atoms with E-state index in [-0.39, 0.29) is 5.91 Å². The Hall–Kier alpha value is -3.47. The Bertz CT molecular complexity index is 1010. The Morgan fingerprint density at radius 2 is 1.88 bits per heavy atom. The van der Waals surface area contributed by atoms with Crippen molar-refractivity contribution in [1.82, 2.24) is 14.9 Å². The van der Waals surface area contributed by atoms with Crippen LogP contribution in [0.1, 0.15) is 21.8 Å². The quantitative estimate of drug-likeness (QED) is 0.548. The van der Waals surface area contributed by atoms with Gasteiger partial charge in [-0.15, -0.1) is 0 Å². The van der Waals surface area contributed by atoms with Gasteiger partial charge in [0.1, 0.15) is 11.5 Å². The average Bonchev–Trinajstić information content (AvgIpc) is 3.20. The normalized spacial score (nSPS) is 10.8. The zero-order valence-electron chi connectivity index (χ0n) is 14.1. The molecular formula is C21H17N3O2. The van der Waals surface area contributed by atoms with Crippen LogP contribution in [0.4, 0.5) is 0 Å². The van der Waals surface area contributed by atoms with Crippen molar-refractivity contribution in [2.24, 2.45) is 0 Å². The van der Waals surface area contributed by atoms with Crippen LogP contribution in [-0.2, 0) is 13.1 Å². The number of benzene rings is 1. The van der Waals surface area contributed by atoms with Gasteiger partial charge >= 0.3 is 0 Å². The number of hydrogen-bond donors (Lipinski definition) is 0. The fourth-order valence-electron chi connectivity index (χ4n) is 2.85. The molecule has 3 aromatic heterocycles. The molecule has 0 N–H and O–H groups in total. The molecule has 1 aromatic carbocycles. The molecule has 1 amide bonds. The number of hydrogen-bond acceptors (Lipinski definition) is 4. The smallest absolute Gasteiger partial charge is 0.273 e. The Morgan fingerprint density at radius 1 is 0.962 bits per heavy atom. The molecule has 3 heterocycles. The van der Waals surface area contributed by atoms with Gasteiger partial charge in [0.05, 0.1) is 18.3 Å². The molecule has 5 heteroatoms. The molecule has 0 unspecified atom stereocenters. The molecule has 0 atom stereocenters. The third-order valence-corrected chi connectivity index (χ3v) is 4.13. The lowest BCUT2D eigenvalue weighted by Gasteiger charge is -2.21. The SMILES string of the molecule is O=C(c1ccc2ccccc2n1)N(Cc1cccnc1)Cc1ccco1. The highest BCUT2D eigenvalue weighted by Crippen LogP contribution is 2.16. The summed E-state index contributed by atoms with van der Waals surface area (Å²) in [5.41, 5.74) is 2.17. The summed E-state index contributed by atoms with van der Waals surface area (Å²) < 4.78 is 5.43. The van der Waals surface area contributed by atoms with Crippen molar-refractivity contribution in [3.05, 3.63) is 96.3 Å². The molecule has 0 saturated carbocycles. The molecule has 5 nitrogen and oxygen atoms in total. The lowest BCUT2D eigenvalue weighted by Crippen LogP contribution is -2.30. The number of fused-ring (bicyclic) bond motifs is 1. The van der Waals surface area contributed by atoms with Crippen molar-refractivity contribution in [3.63, 3.8) is 0 Å². The van der Waals surface area contributed by atoms with Gasteiger partial charge in [-0.3, -0.25) is 9.78 Å². The Labute approximate surface area is 150 Å². The second kappa shape index (κ2) is 7.19. The van der Waals surface area contributed by atoms with E-state index in [2.05, 4.69) is 9.97 Å². The van der Waals surface area contributed by atoms with Crippen molar-refractivity contribution in [1.29, 1.82) is 0 Å². The van der Waals surface area contributed by atoms with E-state index < -0.39 is 0 Å². The molecule has 0 aliphatic rings. The molecular weight excluding hydrogens is 326 g/mol. The Balaban J connectivity index is 1.65. The lowest BCUT2D eigenvalue weighted by atomic mass is 10.2. The monoisotopic (exact) mass is 343 g/mol. The first kappa shape index (κ1) is 16.0. The van der Waals surface area contributed by atoms with Crippen LogP contribution in [0.5, 0.6) is 0 Å². The number of amides is 1. The first-order valence-electron chi connectivity index (χ1n) is 8.36. The number of nitrogens with zero attached hydrogens (tertiary/aromatic N) is 3. The van der Waals surface area contributed by atoms with Gasteiger partial charge in [-0.25, -0.2) is 4.98 Å². The van der Waals surface area contributed by atoms with Crippen LogP contribution >= 0.6 is 0 Å². The summed E-state index contributed by atoms with van der Waals surface area (Å²) in [6.45, 7) is 0.803. The standard InChI is InChI=1S/C21H17N3O2/c25-21(20-10-9-17-6-1-2-8-19(17)23-20)24(15-18-7-4-12-26-18)14-16-5-3-11-22-13-16/h1-13H,14-15H2. The van der Waals surface area contributed by atoms with Gasteiger partial charge in [-0.2, -0.15) is 0 Å². The van der Waals surface area contributed by atoms with Crippen LogP contribution in [0.3, 0.4) is 0 Å². The van der Waals surface area contributed by atoms with Crippen molar-refractivity contribution in [2.75, 3.05) is 0 Å². The van der Waals surface area contributed by atoms with E-state index in [9.17, 15) is 4.79 Å². The minimum absolute atomic E-state index is 0.143. The molecule has 0 aliphatic heterocycles. The summed E-state index contributed by atoms with van der Waals surface area (Å²) in [6, 6.07) is 18.9. The lowest BCUT2D eigenvalue weighted by molar-refractivity contribution is 0.0712. The molecule has 4 rings (SSSR count). The number of rotatable bonds is 5. The van der Waals surface area contributed by atoms with Crippen molar-refractivity contribution < 1.29 is 9.21 Å². The van der Waals surface area contributed by atoms with E-state index >= 15 is 0 Å². The molecule has 0 saturated heterocycles. The fourth-order valence-corrected chi connectivity index (χ4v) is 2.85. The summed E-state index contributed by atoms with van der Waals surface area (Å²) in [5.74, 6) is 0.582. The second-order valence-electron chi connectivity index (χ2n) is 5.99. The summed E-state index contributed by atoms with van der Waals surface area (Å²) in [4.78, 5) is 23.5. The first-order chi connectivity index (χ1) is 12.8. The van der Waals surface area contributed by atoms with E-state index in [4.69, 9.17) is 4.42 Å². The predicted molar refractivity (Wildman–Crippen MR) is 98.3 cm³/mol. The van der Waals surface area contributed by atoms with Gasteiger partial charge in [0.15, 0.2) is 0 Å². The second-order valence-corrected chi connectivity index (χ2v) is 5.99. The third kappa shape index (κ3) is 3.47. The van der Waals surface area contributed by atoms with E-state index in [1.807, 2.05) is 54.6 Å². The molecule has 0 spiro atoms. The summed E-state index contributed by atoms with van der Waals surface area (Å²) >= 11 is 0. The van der Waals surface area contributed by atoms with Gasteiger partial charge in [0.2, 0.25) is 0 Å². The van der Waals surface area contributed by atoms with Gasteiger partial charge in [-0.05, 0) is 35.9 Å².